The van der Waals surface area contributed by atoms with E-state index in [1.807, 2.05) is 38.1 Å². The molecule has 1 N–H and O–H groups in total. The number of hydrogen-bond donors (Lipinski definition) is 1. The predicted octanol–water partition coefficient (Wildman–Crippen LogP) is 5.53. The third-order valence-corrected chi connectivity index (χ3v) is 5.85. The molecule has 0 radical (unpaired) electrons. The van der Waals surface area contributed by atoms with Crippen LogP contribution in [0, 0.1) is 20.8 Å². The molecule has 30 heavy (non-hydrogen) atoms. The highest BCUT2D eigenvalue weighted by atomic mass is 32.1. The lowest BCUT2D eigenvalue weighted by molar-refractivity contribution is -0.118. The zero-order valence-electron chi connectivity index (χ0n) is 17.6. The maximum atomic E-state index is 12.4. The van der Waals surface area contributed by atoms with E-state index in [1.54, 1.807) is 6.92 Å². The minimum Gasteiger partial charge on any atom is -0.484 e. The Hall–Kier alpha value is -3.12. The Bertz CT molecular complexity index is 1040. The van der Waals surface area contributed by atoms with Gasteiger partial charge in [0.25, 0.3) is 5.91 Å². The van der Waals surface area contributed by atoms with Crippen LogP contribution in [0.15, 0.2) is 48.5 Å². The van der Waals surface area contributed by atoms with Gasteiger partial charge in [-0.15, -0.1) is 11.3 Å². The molecule has 3 aromatic rings. The van der Waals surface area contributed by atoms with Crippen molar-refractivity contribution in [1.29, 1.82) is 0 Å². The molecule has 1 aromatic heterocycles. The highest BCUT2D eigenvalue weighted by Crippen LogP contribution is 2.33. The van der Waals surface area contributed by atoms with Gasteiger partial charge in [-0.1, -0.05) is 42.0 Å². The number of ether oxygens (including phenoxy) is 2. The van der Waals surface area contributed by atoms with Gasteiger partial charge in [-0.3, -0.25) is 4.79 Å². The van der Waals surface area contributed by atoms with Crippen molar-refractivity contribution in [2.24, 2.45) is 0 Å². The van der Waals surface area contributed by atoms with E-state index in [0.29, 0.717) is 16.3 Å². The van der Waals surface area contributed by atoms with Gasteiger partial charge in [-0.25, -0.2) is 4.79 Å². The van der Waals surface area contributed by atoms with Crippen LogP contribution in [-0.2, 0) is 9.53 Å². The predicted molar refractivity (Wildman–Crippen MR) is 120 cm³/mol. The third-order valence-electron chi connectivity index (χ3n) is 4.73. The van der Waals surface area contributed by atoms with Crippen LogP contribution in [0.4, 0.5) is 5.00 Å². The molecule has 1 amide bonds. The van der Waals surface area contributed by atoms with Crippen molar-refractivity contribution in [2.75, 3.05) is 18.5 Å². The molecule has 1 heterocycles. The number of benzene rings is 2. The van der Waals surface area contributed by atoms with E-state index in [-0.39, 0.29) is 19.1 Å². The Morgan fingerprint density at radius 3 is 2.13 bits per heavy atom. The summed E-state index contributed by atoms with van der Waals surface area (Å²) in [6.07, 6.45) is 0. The van der Waals surface area contributed by atoms with Crippen LogP contribution in [0.2, 0.25) is 0 Å². The van der Waals surface area contributed by atoms with E-state index < -0.39 is 5.97 Å². The van der Waals surface area contributed by atoms with Crippen molar-refractivity contribution in [3.8, 4) is 16.9 Å². The van der Waals surface area contributed by atoms with Crippen molar-refractivity contribution >= 4 is 28.2 Å². The number of anilines is 1. The molecule has 0 atom stereocenters. The molecule has 2 aromatic carbocycles. The molecule has 6 heteroatoms. The van der Waals surface area contributed by atoms with Crippen LogP contribution < -0.4 is 10.1 Å². The van der Waals surface area contributed by atoms with E-state index in [2.05, 4.69) is 36.5 Å². The van der Waals surface area contributed by atoms with Crippen molar-refractivity contribution < 1.29 is 19.1 Å². The SMILES string of the molecule is CCOC(=O)c1c(NC(=O)COc2ccc(-c3ccc(C)cc3)cc2)sc(C)c1C. The molecule has 0 spiro atoms. The second kappa shape index (κ2) is 9.59. The smallest absolute Gasteiger partial charge is 0.341 e. The molecule has 0 unspecified atom stereocenters. The molecule has 0 aliphatic rings. The van der Waals surface area contributed by atoms with Gasteiger partial charge >= 0.3 is 5.97 Å². The first-order valence-electron chi connectivity index (χ1n) is 9.76. The molecule has 0 saturated heterocycles. The number of amides is 1. The van der Waals surface area contributed by atoms with Crippen LogP contribution in [0.25, 0.3) is 11.1 Å². The van der Waals surface area contributed by atoms with Crippen LogP contribution >= 0.6 is 11.3 Å². The topological polar surface area (TPSA) is 64.6 Å². The van der Waals surface area contributed by atoms with Crippen molar-refractivity contribution in [3.05, 3.63) is 70.1 Å². The van der Waals surface area contributed by atoms with Crippen LogP contribution in [0.3, 0.4) is 0 Å². The number of esters is 1. The Morgan fingerprint density at radius 1 is 0.933 bits per heavy atom. The number of carbonyl (C=O) groups is 2. The zero-order valence-corrected chi connectivity index (χ0v) is 18.4. The fraction of sp³-hybridized carbons (Fsp3) is 0.250. The van der Waals surface area contributed by atoms with Gasteiger partial charge in [0, 0.05) is 4.88 Å². The summed E-state index contributed by atoms with van der Waals surface area (Å²) in [4.78, 5) is 25.6. The lowest BCUT2D eigenvalue weighted by atomic mass is 10.0. The first-order chi connectivity index (χ1) is 14.4. The molecule has 0 fully saturated rings. The highest BCUT2D eigenvalue weighted by Gasteiger charge is 2.22. The molecule has 0 saturated carbocycles. The normalized spacial score (nSPS) is 10.5. The average molecular weight is 424 g/mol. The van der Waals surface area contributed by atoms with Gasteiger partial charge in [0.05, 0.1) is 12.2 Å². The van der Waals surface area contributed by atoms with Gasteiger partial charge in [0.15, 0.2) is 6.61 Å². The molecule has 0 aliphatic heterocycles. The first-order valence-corrected chi connectivity index (χ1v) is 10.6. The van der Waals surface area contributed by atoms with E-state index in [1.165, 1.54) is 16.9 Å². The zero-order chi connectivity index (χ0) is 21.7. The van der Waals surface area contributed by atoms with E-state index in [9.17, 15) is 9.59 Å². The van der Waals surface area contributed by atoms with Crippen LogP contribution in [-0.4, -0.2) is 25.1 Å². The summed E-state index contributed by atoms with van der Waals surface area (Å²) in [6.45, 7) is 7.69. The van der Waals surface area contributed by atoms with Gasteiger partial charge in [-0.05, 0) is 56.5 Å². The number of rotatable bonds is 7. The Kier molecular flexibility index (Phi) is 6.90. The quantitative estimate of drug-likeness (QED) is 0.507. The molecule has 3 rings (SSSR count). The Balaban J connectivity index is 1.62. The highest BCUT2D eigenvalue weighted by molar-refractivity contribution is 7.16. The van der Waals surface area contributed by atoms with E-state index >= 15 is 0 Å². The minimum atomic E-state index is -0.428. The molecule has 156 valence electrons. The number of thiophene rings is 1. The monoisotopic (exact) mass is 423 g/mol. The number of carbonyl (C=O) groups excluding carboxylic acids is 2. The fourth-order valence-corrected chi connectivity index (χ4v) is 4.03. The Morgan fingerprint density at radius 2 is 1.53 bits per heavy atom. The Labute approximate surface area is 180 Å². The van der Waals surface area contributed by atoms with Crippen LogP contribution in [0.1, 0.15) is 33.3 Å². The van der Waals surface area contributed by atoms with Crippen LogP contribution in [0.5, 0.6) is 5.75 Å². The summed E-state index contributed by atoms with van der Waals surface area (Å²) < 4.78 is 10.7. The maximum Gasteiger partial charge on any atom is 0.341 e. The molecular weight excluding hydrogens is 398 g/mol. The molecule has 5 nitrogen and oxygen atoms in total. The lowest BCUT2D eigenvalue weighted by Crippen LogP contribution is -2.21. The van der Waals surface area contributed by atoms with Gasteiger partial charge in [0.2, 0.25) is 0 Å². The van der Waals surface area contributed by atoms with Crippen molar-refractivity contribution in [2.45, 2.75) is 27.7 Å². The largest absolute Gasteiger partial charge is 0.484 e. The summed E-state index contributed by atoms with van der Waals surface area (Å²) >= 11 is 1.36. The van der Waals surface area contributed by atoms with Gasteiger partial charge < -0.3 is 14.8 Å². The summed E-state index contributed by atoms with van der Waals surface area (Å²) in [5, 5.41) is 3.27. The third kappa shape index (κ3) is 5.07. The van der Waals surface area contributed by atoms with E-state index in [0.717, 1.165) is 21.6 Å². The molecule has 0 aliphatic carbocycles. The lowest BCUT2D eigenvalue weighted by Gasteiger charge is -2.09. The second-order valence-corrected chi connectivity index (χ2v) is 8.16. The maximum absolute atomic E-state index is 12.4. The summed E-state index contributed by atoms with van der Waals surface area (Å²) in [5.74, 6) is -0.156. The average Bonchev–Trinajstić information content (AvgIpc) is 3.01. The van der Waals surface area contributed by atoms with Gasteiger partial charge in [0.1, 0.15) is 10.8 Å². The standard InChI is InChI=1S/C24H25NO4S/c1-5-28-24(27)22-16(3)17(4)30-23(22)25-21(26)14-29-20-12-10-19(11-13-20)18-8-6-15(2)7-9-18/h6-13H,5,14H2,1-4H3,(H,25,26). The summed E-state index contributed by atoms with van der Waals surface area (Å²) in [6, 6.07) is 15.9. The van der Waals surface area contributed by atoms with Crippen molar-refractivity contribution in [1.82, 2.24) is 0 Å². The van der Waals surface area contributed by atoms with E-state index in [4.69, 9.17) is 9.47 Å². The first kappa shape index (κ1) is 21.6. The van der Waals surface area contributed by atoms with Crippen molar-refractivity contribution in [3.63, 3.8) is 0 Å². The minimum absolute atomic E-state index is 0.151. The summed E-state index contributed by atoms with van der Waals surface area (Å²) in [7, 11) is 0. The number of nitrogens with one attached hydrogen (secondary N) is 1. The molecule has 0 bridgehead atoms. The second-order valence-electron chi connectivity index (χ2n) is 6.94. The molecular formula is C24H25NO4S. The summed E-state index contributed by atoms with van der Waals surface area (Å²) in [5.41, 5.74) is 4.65. The van der Waals surface area contributed by atoms with Gasteiger partial charge in [-0.2, -0.15) is 0 Å². The number of hydrogen-bond acceptors (Lipinski definition) is 5. The fourth-order valence-electron chi connectivity index (χ4n) is 2.97. The number of aryl methyl sites for hydroxylation is 2.